The number of hydrogen-bond acceptors (Lipinski definition) is 5. The molecule has 1 N–H and O–H groups in total. The van der Waals surface area contributed by atoms with Gasteiger partial charge in [0, 0.05) is 19.2 Å². The third-order valence-electron chi connectivity index (χ3n) is 1.71. The van der Waals surface area contributed by atoms with Gasteiger partial charge in [0.2, 0.25) is 0 Å². The van der Waals surface area contributed by atoms with E-state index in [2.05, 4.69) is 5.10 Å². The molecule has 0 bridgehead atoms. The van der Waals surface area contributed by atoms with Crippen molar-refractivity contribution in [1.29, 1.82) is 4.78 Å². The summed E-state index contributed by atoms with van der Waals surface area (Å²) >= 11 is 0. The van der Waals surface area contributed by atoms with Crippen molar-refractivity contribution < 1.29 is 8.95 Å². The molecule has 1 aliphatic rings. The Kier molecular flexibility index (Phi) is 1.76. The monoisotopic (exact) mass is 186 g/mol. The van der Waals surface area contributed by atoms with Crippen LogP contribution in [0.1, 0.15) is 6.42 Å². The Balaban J connectivity index is 2.51. The second-order valence-electron chi connectivity index (χ2n) is 2.51. The molecule has 0 radical (unpaired) electrons. The highest BCUT2D eigenvalue weighted by Crippen LogP contribution is 2.23. The number of nitrogens with one attached hydrogen (secondary N) is 1. The Labute approximate surface area is 71.3 Å². The van der Waals surface area contributed by atoms with Gasteiger partial charge < -0.3 is 13.7 Å². The third-order valence-corrected chi connectivity index (χ3v) is 2.39. The number of hydrogen-bond donors (Lipinski definition) is 1. The second kappa shape index (κ2) is 2.78. The van der Waals surface area contributed by atoms with Gasteiger partial charge in [-0.3, -0.25) is 0 Å². The summed E-state index contributed by atoms with van der Waals surface area (Å²) in [4.78, 5) is 0.370. The van der Waals surface area contributed by atoms with Crippen molar-refractivity contribution in [3.63, 3.8) is 0 Å². The van der Waals surface area contributed by atoms with Crippen molar-refractivity contribution in [3.8, 4) is 5.88 Å². The minimum Gasteiger partial charge on any atom is -0.479 e. The van der Waals surface area contributed by atoms with Gasteiger partial charge in [-0.25, -0.2) is 4.68 Å². The lowest BCUT2D eigenvalue weighted by Gasteiger charge is -2.16. The number of rotatable bonds is 1. The topological polar surface area (TPSA) is 68.0 Å². The highest BCUT2D eigenvalue weighted by Gasteiger charge is 2.11. The second-order valence-corrected chi connectivity index (χ2v) is 3.49. The van der Waals surface area contributed by atoms with E-state index in [4.69, 9.17) is 9.52 Å². The van der Waals surface area contributed by atoms with Crippen molar-refractivity contribution in [2.24, 2.45) is 0 Å². The van der Waals surface area contributed by atoms with Crippen LogP contribution in [0.5, 0.6) is 5.88 Å². The van der Waals surface area contributed by atoms with Gasteiger partial charge in [-0.15, -0.1) is 0 Å². The number of ether oxygens (including phenoxy) is 1. The fraction of sp³-hybridized carbons (Fsp3) is 0.500. The molecule has 0 aliphatic carbocycles. The largest absolute Gasteiger partial charge is 0.479 e. The van der Waals surface area contributed by atoms with Gasteiger partial charge in [-0.1, -0.05) is 0 Å². The molecule has 12 heavy (non-hydrogen) atoms. The summed E-state index contributed by atoms with van der Waals surface area (Å²) in [5, 5.41) is 3.96. The molecule has 0 unspecified atom stereocenters. The normalized spacial score (nSPS) is 15.8. The smallest absolute Gasteiger partial charge is 0.196 e. The quantitative estimate of drug-likeness (QED) is 0.658. The zero-order valence-electron chi connectivity index (χ0n) is 6.32. The first-order valence-electron chi connectivity index (χ1n) is 3.60. The van der Waals surface area contributed by atoms with E-state index >= 15 is 0 Å². The van der Waals surface area contributed by atoms with Crippen molar-refractivity contribution in [3.05, 3.63) is 6.20 Å². The van der Waals surface area contributed by atoms with Crippen LogP contribution in [0, 0.1) is 4.78 Å². The van der Waals surface area contributed by atoms with E-state index < -0.39 is 10.6 Å². The van der Waals surface area contributed by atoms with E-state index in [1.54, 1.807) is 4.68 Å². The molecule has 1 aromatic heterocycles. The van der Waals surface area contributed by atoms with Crippen LogP contribution in [-0.4, -0.2) is 16.4 Å². The van der Waals surface area contributed by atoms with Gasteiger partial charge >= 0.3 is 0 Å². The van der Waals surface area contributed by atoms with Crippen LogP contribution in [0.4, 0.5) is 0 Å². The van der Waals surface area contributed by atoms with Crippen molar-refractivity contribution in [2.75, 3.05) is 6.61 Å². The van der Waals surface area contributed by atoms with E-state index in [1.807, 2.05) is 0 Å². The summed E-state index contributed by atoms with van der Waals surface area (Å²) in [5.74, 6) is 0.495. The molecular weight excluding hydrogens is 178 g/mol. The molecule has 2 rings (SSSR count). The average molecular weight is 186 g/mol. The minimum atomic E-state index is -1.75. The van der Waals surface area contributed by atoms with Gasteiger partial charge in [-0.05, 0) is 4.90 Å². The summed E-state index contributed by atoms with van der Waals surface area (Å²) in [7, 11) is -1.75. The van der Waals surface area contributed by atoms with Crippen molar-refractivity contribution in [2.45, 2.75) is 17.9 Å². The molecule has 0 saturated heterocycles. The molecule has 6 heteroatoms. The van der Waals surface area contributed by atoms with Crippen LogP contribution in [0.25, 0.3) is 0 Å². The average Bonchev–Trinajstić information content (AvgIpc) is 2.47. The molecule has 66 valence electrons. The molecule has 2 heterocycles. The fourth-order valence-electron chi connectivity index (χ4n) is 1.17. The van der Waals surface area contributed by atoms with E-state index in [-0.39, 0.29) is 0 Å². The first-order chi connectivity index (χ1) is 5.79. The lowest BCUT2D eigenvalue weighted by atomic mass is 10.4. The fourth-order valence-corrected chi connectivity index (χ4v) is 1.64. The van der Waals surface area contributed by atoms with Gasteiger partial charge in [0.1, 0.15) is 0 Å². The summed E-state index contributed by atoms with van der Waals surface area (Å²) < 4.78 is 24.7. The Morgan fingerprint density at radius 2 is 2.58 bits per heavy atom. The minimum absolute atomic E-state index is 0.370. The number of aryl methyl sites for hydroxylation is 1. The summed E-state index contributed by atoms with van der Waals surface area (Å²) in [6, 6.07) is 0. The Hall–Kier alpha value is -1.04. The molecule has 0 atom stereocenters. The first kappa shape index (κ1) is 7.60. The Bertz CT molecular complexity index is 361. The maximum absolute atomic E-state index is 10.8. The Morgan fingerprint density at radius 1 is 1.75 bits per heavy atom. The zero-order chi connectivity index (χ0) is 8.55. The van der Waals surface area contributed by atoms with Gasteiger partial charge in [-0.2, -0.15) is 15.7 Å². The molecule has 0 fully saturated rings. The van der Waals surface area contributed by atoms with Crippen LogP contribution in [0.3, 0.4) is 0 Å². The van der Waals surface area contributed by atoms with E-state index in [0.717, 1.165) is 13.0 Å². The lowest BCUT2D eigenvalue weighted by Crippen LogP contribution is -2.15. The summed E-state index contributed by atoms with van der Waals surface area (Å²) in [5.41, 5.74) is 0. The predicted octanol–water partition coefficient (Wildman–Crippen LogP) is 0.751. The van der Waals surface area contributed by atoms with Crippen LogP contribution >= 0.6 is 0 Å². The van der Waals surface area contributed by atoms with Gasteiger partial charge in [0.25, 0.3) is 0 Å². The van der Waals surface area contributed by atoms with Crippen molar-refractivity contribution >= 4 is 10.6 Å². The number of nitrogens with zero attached hydrogens (tertiary/aromatic N) is 2. The summed E-state index contributed by atoms with van der Waals surface area (Å²) in [6.45, 7) is 1.41. The van der Waals surface area contributed by atoms with Crippen LogP contribution < -0.4 is 4.74 Å². The van der Waals surface area contributed by atoms with Crippen molar-refractivity contribution in [1.82, 2.24) is 9.78 Å². The zero-order valence-corrected chi connectivity index (χ0v) is 7.13. The SMILES string of the molecule is N=[S-](=O)c1cnn2c1OCCC2. The maximum Gasteiger partial charge on any atom is 0.196 e. The van der Waals surface area contributed by atoms with Gasteiger partial charge in [0.15, 0.2) is 5.88 Å². The molecule has 0 amide bonds. The van der Waals surface area contributed by atoms with Gasteiger partial charge in [0.05, 0.1) is 6.61 Å². The van der Waals surface area contributed by atoms with E-state index in [1.165, 1.54) is 6.20 Å². The lowest BCUT2D eigenvalue weighted by molar-refractivity contribution is 0.225. The number of aromatic nitrogens is 2. The molecule has 0 spiro atoms. The van der Waals surface area contributed by atoms with Crippen LogP contribution in [0.2, 0.25) is 0 Å². The van der Waals surface area contributed by atoms with Crippen LogP contribution in [-0.2, 0) is 21.3 Å². The molecule has 0 saturated carbocycles. The molecule has 0 aromatic carbocycles. The maximum atomic E-state index is 10.8. The van der Waals surface area contributed by atoms with E-state index in [9.17, 15) is 4.21 Å². The molecule has 5 nitrogen and oxygen atoms in total. The highest BCUT2D eigenvalue weighted by atomic mass is 32.2. The predicted molar refractivity (Wildman–Crippen MR) is 41.4 cm³/mol. The first-order valence-corrected chi connectivity index (χ1v) is 4.75. The molecular formula is C6H8N3O2S-. The highest BCUT2D eigenvalue weighted by molar-refractivity contribution is 7.73. The summed E-state index contributed by atoms with van der Waals surface area (Å²) in [6.07, 6.45) is 2.35. The molecule has 1 aromatic rings. The third kappa shape index (κ3) is 1.08. The number of fused-ring (bicyclic) bond motifs is 1. The standard InChI is InChI=1S/C6H8N3O2S/c7-12(10)5-4-8-9-2-1-3-11-6(5)9/h4,7H,1-3H2/q-1. The molecule has 1 aliphatic heterocycles. The van der Waals surface area contributed by atoms with E-state index in [0.29, 0.717) is 17.4 Å². The van der Waals surface area contributed by atoms with Crippen LogP contribution in [0.15, 0.2) is 11.1 Å². The Morgan fingerprint density at radius 3 is 3.33 bits per heavy atom.